The van der Waals surface area contributed by atoms with E-state index < -0.39 is 5.41 Å². The van der Waals surface area contributed by atoms with Crippen molar-refractivity contribution in [3.63, 3.8) is 0 Å². The second kappa shape index (κ2) is 10.2. The molecular weight excluding hydrogens is 422 g/mol. The fourth-order valence-corrected chi connectivity index (χ4v) is 3.99. The van der Waals surface area contributed by atoms with Crippen LogP contribution in [0.15, 0.2) is 11.2 Å². The van der Waals surface area contributed by atoms with E-state index in [1.165, 1.54) is 11.8 Å². The van der Waals surface area contributed by atoms with Crippen LogP contribution >= 0.6 is 23.4 Å². The lowest BCUT2D eigenvalue weighted by molar-refractivity contribution is -0.142. The zero-order valence-corrected chi connectivity index (χ0v) is 20.6. The lowest BCUT2D eigenvalue weighted by atomic mass is 9.93. The molecule has 168 valence electrons. The summed E-state index contributed by atoms with van der Waals surface area (Å²) < 4.78 is 0. The van der Waals surface area contributed by atoms with Gasteiger partial charge < -0.3 is 15.1 Å². The van der Waals surface area contributed by atoms with Gasteiger partial charge in [-0.3, -0.25) is 9.59 Å². The first-order valence-corrected chi connectivity index (χ1v) is 11.8. The molecule has 2 atom stereocenters. The second-order valence-corrected chi connectivity index (χ2v) is 10.6. The first-order valence-electron chi connectivity index (χ1n) is 10.4. The molecule has 1 aromatic heterocycles. The van der Waals surface area contributed by atoms with E-state index in [0.29, 0.717) is 35.9 Å². The summed E-state index contributed by atoms with van der Waals surface area (Å²) in [5, 5.41) is 3.80. The highest BCUT2D eigenvalue weighted by Gasteiger charge is 2.34. The van der Waals surface area contributed by atoms with Crippen molar-refractivity contribution in [3.8, 4) is 0 Å². The van der Waals surface area contributed by atoms with Crippen LogP contribution in [0.25, 0.3) is 0 Å². The molecule has 1 fully saturated rings. The number of aromatic nitrogens is 2. The number of halogens is 1. The third-order valence-corrected chi connectivity index (χ3v) is 6.28. The SMILES string of the molecule is CC(C)C(C)NC(=O)CSc1nc(Cl)cc(N2CCN(C(=O)C(C)(C)C)C(C)C2)n1. The van der Waals surface area contributed by atoms with E-state index in [4.69, 9.17) is 11.6 Å². The van der Waals surface area contributed by atoms with Gasteiger partial charge in [0.25, 0.3) is 0 Å². The number of nitrogens with zero attached hydrogens (tertiary/aromatic N) is 4. The highest BCUT2D eigenvalue weighted by molar-refractivity contribution is 7.99. The summed E-state index contributed by atoms with van der Waals surface area (Å²) in [6.45, 7) is 16.0. The van der Waals surface area contributed by atoms with Crippen molar-refractivity contribution in [2.75, 3.05) is 30.3 Å². The van der Waals surface area contributed by atoms with E-state index in [9.17, 15) is 9.59 Å². The van der Waals surface area contributed by atoms with Gasteiger partial charge in [-0.1, -0.05) is 58.0 Å². The van der Waals surface area contributed by atoms with Gasteiger partial charge >= 0.3 is 0 Å². The minimum Gasteiger partial charge on any atom is -0.353 e. The van der Waals surface area contributed by atoms with Gasteiger partial charge in [0.15, 0.2) is 5.16 Å². The number of hydrogen-bond donors (Lipinski definition) is 1. The Bertz CT molecular complexity index is 768. The van der Waals surface area contributed by atoms with Crippen molar-refractivity contribution < 1.29 is 9.59 Å². The minimum absolute atomic E-state index is 0.0470. The first-order chi connectivity index (χ1) is 13.9. The first kappa shape index (κ1) is 24.7. The highest BCUT2D eigenvalue weighted by atomic mass is 35.5. The van der Waals surface area contributed by atoms with Gasteiger partial charge in [0.05, 0.1) is 5.75 Å². The van der Waals surface area contributed by atoms with Gasteiger partial charge in [0, 0.05) is 43.2 Å². The van der Waals surface area contributed by atoms with Gasteiger partial charge in [-0.25, -0.2) is 9.97 Å². The summed E-state index contributed by atoms with van der Waals surface area (Å²) in [5.74, 6) is 1.45. The normalized spacial score (nSPS) is 18.5. The Morgan fingerprint density at radius 1 is 1.27 bits per heavy atom. The Kier molecular flexibility index (Phi) is 8.39. The molecule has 0 saturated carbocycles. The number of thioether (sulfide) groups is 1. The molecule has 0 bridgehead atoms. The number of nitrogens with one attached hydrogen (secondary N) is 1. The van der Waals surface area contributed by atoms with Crippen molar-refractivity contribution >= 4 is 41.0 Å². The standard InChI is InChI=1S/C21H34ClN5O2S/c1-13(2)15(4)23-18(28)12-30-20-24-16(22)10-17(25-20)26-8-9-27(14(3)11-26)19(29)21(5,6)7/h10,13-15H,8-9,11-12H2,1-7H3,(H,23,28). The Hall–Kier alpha value is -1.54. The van der Waals surface area contributed by atoms with E-state index in [0.717, 1.165) is 5.82 Å². The van der Waals surface area contributed by atoms with Gasteiger partial charge in [0.1, 0.15) is 11.0 Å². The topological polar surface area (TPSA) is 78.4 Å². The molecule has 9 heteroatoms. The number of carbonyl (C=O) groups excluding carboxylic acids is 2. The largest absolute Gasteiger partial charge is 0.353 e. The van der Waals surface area contributed by atoms with E-state index in [1.807, 2.05) is 32.6 Å². The number of hydrogen-bond acceptors (Lipinski definition) is 6. The highest BCUT2D eigenvalue weighted by Crippen LogP contribution is 2.26. The van der Waals surface area contributed by atoms with Crippen molar-refractivity contribution in [2.45, 2.75) is 65.7 Å². The van der Waals surface area contributed by atoms with Crippen LogP contribution in [-0.4, -0.2) is 64.2 Å². The summed E-state index contributed by atoms with van der Waals surface area (Å²) >= 11 is 7.50. The maximum atomic E-state index is 12.7. The maximum absolute atomic E-state index is 12.7. The molecule has 1 aliphatic rings. The van der Waals surface area contributed by atoms with Crippen LogP contribution in [0, 0.1) is 11.3 Å². The van der Waals surface area contributed by atoms with Gasteiger partial charge in [-0.05, 0) is 19.8 Å². The molecule has 0 aliphatic carbocycles. The smallest absolute Gasteiger partial charge is 0.230 e. The van der Waals surface area contributed by atoms with Crippen molar-refractivity contribution in [1.82, 2.24) is 20.2 Å². The zero-order valence-electron chi connectivity index (χ0n) is 19.0. The maximum Gasteiger partial charge on any atom is 0.230 e. The summed E-state index contributed by atoms with van der Waals surface area (Å²) in [7, 11) is 0. The van der Waals surface area contributed by atoms with Crippen molar-refractivity contribution in [2.24, 2.45) is 11.3 Å². The van der Waals surface area contributed by atoms with Crippen LogP contribution in [0.3, 0.4) is 0 Å². The quantitative estimate of drug-likeness (QED) is 0.402. The molecule has 2 rings (SSSR count). The average Bonchev–Trinajstić information content (AvgIpc) is 2.64. The predicted octanol–water partition coefficient (Wildman–Crippen LogP) is 3.47. The van der Waals surface area contributed by atoms with Crippen LogP contribution < -0.4 is 10.2 Å². The fraction of sp³-hybridized carbons (Fsp3) is 0.714. The second-order valence-electron chi connectivity index (χ2n) is 9.26. The number of rotatable bonds is 6. The molecule has 0 radical (unpaired) electrons. The Labute approximate surface area is 189 Å². The lowest BCUT2D eigenvalue weighted by Crippen LogP contribution is -2.56. The summed E-state index contributed by atoms with van der Waals surface area (Å²) in [4.78, 5) is 37.7. The van der Waals surface area contributed by atoms with Crippen LogP contribution in [0.5, 0.6) is 0 Å². The van der Waals surface area contributed by atoms with E-state index >= 15 is 0 Å². The summed E-state index contributed by atoms with van der Waals surface area (Å²) in [6.07, 6.45) is 0. The molecule has 7 nitrogen and oxygen atoms in total. The molecule has 0 aromatic carbocycles. The fourth-order valence-electron chi connectivity index (χ4n) is 3.10. The third kappa shape index (κ3) is 6.74. The molecule has 2 unspecified atom stereocenters. The number of piperazine rings is 1. The lowest BCUT2D eigenvalue weighted by Gasteiger charge is -2.42. The molecule has 2 heterocycles. The van der Waals surface area contributed by atoms with Gasteiger partial charge in [0.2, 0.25) is 11.8 Å². The van der Waals surface area contributed by atoms with E-state index in [1.54, 1.807) is 6.07 Å². The molecule has 1 N–H and O–H groups in total. The Balaban J connectivity index is 2.02. The Morgan fingerprint density at radius 2 is 1.93 bits per heavy atom. The van der Waals surface area contributed by atoms with Crippen LogP contribution in [0.4, 0.5) is 5.82 Å². The number of carbonyl (C=O) groups is 2. The van der Waals surface area contributed by atoms with Gasteiger partial charge in [-0.2, -0.15) is 0 Å². The van der Waals surface area contributed by atoms with Crippen LogP contribution in [0.2, 0.25) is 5.15 Å². The average molecular weight is 456 g/mol. The predicted molar refractivity (Wildman–Crippen MR) is 123 cm³/mol. The molecule has 2 amide bonds. The van der Waals surface area contributed by atoms with Crippen molar-refractivity contribution in [3.05, 3.63) is 11.2 Å². The molecule has 1 saturated heterocycles. The molecule has 30 heavy (non-hydrogen) atoms. The molecule has 1 aliphatic heterocycles. The van der Waals surface area contributed by atoms with Gasteiger partial charge in [-0.15, -0.1) is 0 Å². The minimum atomic E-state index is -0.397. The summed E-state index contributed by atoms with van der Waals surface area (Å²) in [5.41, 5.74) is -0.397. The Morgan fingerprint density at radius 3 is 2.50 bits per heavy atom. The van der Waals surface area contributed by atoms with Crippen LogP contribution in [0.1, 0.15) is 48.5 Å². The van der Waals surface area contributed by atoms with Crippen LogP contribution in [-0.2, 0) is 9.59 Å². The molecular formula is C21H34ClN5O2S. The molecule has 1 aromatic rings. The van der Waals surface area contributed by atoms with Crippen molar-refractivity contribution in [1.29, 1.82) is 0 Å². The third-order valence-electron chi connectivity index (χ3n) is 5.24. The monoisotopic (exact) mass is 455 g/mol. The number of amides is 2. The summed E-state index contributed by atoms with van der Waals surface area (Å²) in [6, 6.07) is 1.92. The number of anilines is 1. The molecule has 0 spiro atoms. The zero-order chi connectivity index (χ0) is 22.6. The van der Waals surface area contributed by atoms with E-state index in [2.05, 4.69) is 41.0 Å². The van der Waals surface area contributed by atoms with E-state index in [-0.39, 0.29) is 29.7 Å².